The minimum atomic E-state index is -0.784. The first kappa shape index (κ1) is 19.5. The van der Waals surface area contributed by atoms with E-state index in [2.05, 4.69) is 4.98 Å². The van der Waals surface area contributed by atoms with Gasteiger partial charge in [0.1, 0.15) is 22.9 Å². The highest BCUT2D eigenvalue weighted by Crippen LogP contribution is 2.32. The zero-order valence-corrected chi connectivity index (χ0v) is 16.4. The lowest BCUT2D eigenvalue weighted by atomic mass is 10.3. The number of anilines is 1. The van der Waals surface area contributed by atoms with Gasteiger partial charge in [0.05, 0.1) is 23.3 Å². The molecule has 1 amide bonds. The molecule has 0 aliphatic carbocycles. The van der Waals surface area contributed by atoms with E-state index >= 15 is 0 Å². The number of benzene rings is 2. The van der Waals surface area contributed by atoms with E-state index in [9.17, 15) is 18.0 Å². The summed E-state index contributed by atoms with van der Waals surface area (Å²) in [5.41, 5.74) is 0.00910. The van der Waals surface area contributed by atoms with Gasteiger partial charge >= 0.3 is 0 Å². The van der Waals surface area contributed by atoms with Crippen LogP contribution in [0.4, 0.5) is 18.3 Å². The number of thioether (sulfide) groups is 1. The Morgan fingerprint density at radius 1 is 1.10 bits per heavy atom. The maximum absolute atomic E-state index is 14.1. The first-order valence-electron chi connectivity index (χ1n) is 8.46. The van der Waals surface area contributed by atoms with E-state index in [1.807, 2.05) is 0 Å². The number of aromatic nitrogens is 1. The van der Waals surface area contributed by atoms with Crippen molar-refractivity contribution in [3.63, 3.8) is 0 Å². The van der Waals surface area contributed by atoms with Gasteiger partial charge in [-0.15, -0.1) is 11.8 Å². The third-order valence-corrected chi connectivity index (χ3v) is 6.03. The van der Waals surface area contributed by atoms with Crippen LogP contribution in [0.3, 0.4) is 0 Å². The summed E-state index contributed by atoms with van der Waals surface area (Å²) < 4.78 is 46.3. The maximum atomic E-state index is 14.1. The molecule has 148 valence electrons. The molecule has 0 fully saturated rings. The molecule has 0 N–H and O–H groups in total. The zero-order chi connectivity index (χ0) is 20.4. The minimum absolute atomic E-state index is 0.00910. The lowest BCUT2D eigenvalue weighted by Crippen LogP contribution is -2.31. The topological polar surface area (TPSA) is 46.3 Å². The zero-order valence-electron chi connectivity index (χ0n) is 14.8. The maximum Gasteiger partial charge on any atom is 0.239 e. The van der Waals surface area contributed by atoms with Crippen LogP contribution in [0.15, 0.2) is 64.1 Å². The van der Waals surface area contributed by atoms with Gasteiger partial charge < -0.3 is 4.42 Å². The van der Waals surface area contributed by atoms with Crippen LogP contribution < -0.4 is 4.90 Å². The fourth-order valence-corrected chi connectivity index (χ4v) is 4.43. The Labute approximate surface area is 172 Å². The molecule has 4 rings (SSSR count). The molecule has 4 nitrogen and oxygen atoms in total. The van der Waals surface area contributed by atoms with Gasteiger partial charge in [-0.1, -0.05) is 11.3 Å². The molecule has 2 heterocycles. The second-order valence-electron chi connectivity index (χ2n) is 6.03. The van der Waals surface area contributed by atoms with Crippen LogP contribution in [0.25, 0.3) is 10.2 Å². The molecule has 0 unspecified atom stereocenters. The predicted octanol–water partition coefficient (Wildman–Crippen LogP) is 5.63. The molecule has 0 aliphatic heterocycles. The van der Waals surface area contributed by atoms with E-state index in [1.54, 1.807) is 24.3 Å². The Hall–Kier alpha value is -2.78. The molecule has 0 atom stereocenters. The van der Waals surface area contributed by atoms with Gasteiger partial charge in [0, 0.05) is 11.0 Å². The highest BCUT2D eigenvalue weighted by molar-refractivity contribution is 8.00. The van der Waals surface area contributed by atoms with Crippen LogP contribution in [0.1, 0.15) is 5.76 Å². The van der Waals surface area contributed by atoms with Crippen molar-refractivity contribution in [1.82, 2.24) is 4.98 Å². The van der Waals surface area contributed by atoms with Crippen molar-refractivity contribution < 1.29 is 22.4 Å². The van der Waals surface area contributed by atoms with Crippen molar-refractivity contribution in [3.8, 4) is 0 Å². The summed E-state index contributed by atoms with van der Waals surface area (Å²) in [7, 11) is 0. The van der Waals surface area contributed by atoms with E-state index in [0.29, 0.717) is 10.5 Å². The number of thiazole rings is 1. The standard InChI is InChI=1S/C20H13F3N2O2S2/c21-12-3-5-15(6-4-12)28-11-18(26)25(10-14-2-1-7-27-14)20-24-19-16(23)8-13(22)9-17(19)29-20/h1-9H,10-11H2. The number of fused-ring (bicyclic) bond motifs is 1. The van der Waals surface area contributed by atoms with Crippen LogP contribution in [0.2, 0.25) is 0 Å². The average molecular weight is 434 g/mol. The number of hydrogen-bond donors (Lipinski definition) is 0. The largest absolute Gasteiger partial charge is 0.467 e. The van der Waals surface area contributed by atoms with Gasteiger partial charge in [-0.05, 0) is 42.5 Å². The van der Waals surface area contributed by atoms with Crippen LogP contribution in [0.5, 0.6) is 0 Å². The summed E-state index contributed by atoms with van der Waals surface area (Å²) >= 11 is 2.26. The Morgan fingerprint density at radius 3 is 2.62 bits per heavy atom. The molecule has 2 aromatic heterocycles. The molecule has 0 radical (unpaired) electrons. The predicted molar refractivity (Wildman–Crippen MR) is 107 cm³/mol. The Balaban J connectivity index is 1.61. The van der Waals surface area contributed by atoms with E-state index in [4.69, 9.17) is 4.42 Å². The number of nitrogens with zero attached hydrogens (tertiary/aromatic N) is 2. The first-order valence-corrected chi connectivity index (χ1v) is 10.3. The van der Waals surface area contributed by atoms with Gasteiger partial charge in [-0.25, -0.2) is 18.2 Å². The van der Waals surface area contributed by atoms with Crippen molar-refractivity contribution in [2.24, 2.45) is 0 Å². The number of furan rings is 1. The second kappa shape index (κ2) is 8.30. The van der Waals surface area contributed by atoms with Crippen molar-refractivity contribution >= 4 is 44.4 Å². The molecule has 29 heavy (non-hydrogen) atoms. The number of carbonyl (C=O) groups is 1. The van der Waals surface area contributed by atoms with Crippen LogP contribution >= 0.6 is 23.1 Å². The number of rotatable bonds is 6. The monoisotopic (exact) mass is 434 g/mol. The van der Waals surface area contributed by atoms with Gasteiger partial charge in [0.2, 0.25) is 5.91 Å². The van der Waals surface area contributed by atoms with Crippen molar-refractivity contribution in [2.45, 2.75) is 11.4 Å². The first-order chi connectivity index (χ1) is 14.0. The van der Waals surface area contributed by atoms with E-state index in [-0.39, 0.29) is 34.7 Å². The molecule has 2 aromatic carbocycles. The van der Waals surface area contributed by atoms with Gasteiger partial charge in [0.25, 0.3) is 0 Å². The Bertz CT molecular complexity index is 1140. The number of halogens is 3. The summed E-state index contributed by atoms with van der Waals surface area (Å²) in [6.45, 7) is 0.0970. The minimum Gasteiger partial charge on any atom is -0.467 e. The molecular weight excluding hydrogens is 421 g/mol. The fraction of sp³-hybridized carbons (Fsp3) is 0.100. The Morgan fingerprint density at radius 2 is 1.90 bits per heavy atom. The molecule has 9 heteroatoms. The van der Waals surface area contributed by atoms with Gasteiger partial charge in [-0.2, -0.15) is 0 Å². The lowest BCUT2D eigenvalue weighted by molar-refractivity contribution is -0.116. The lowest BCUT2D eigenvalue weighted by Gasteiger charge is -2.18. The summed E-state index contributed by atoms with van der Waals surface area (Å²) in [5, 5.41) is 0.241. The molecule has 0 spiro atoms. The normalized spacial score (nSPS) is 11.1. The number of carbonyl (C=O) groups excluding carboxylic acids is 1. The van der Waals surface area contributed by atoms with Crippen molar-refractivity contribution in [2.75, 3.05) is 10.7 Å². The smallest absolute Gasteiger partial charge is 0.239 e. The van der Waals surface area contributed by atoms with Crippen LogP contribution in [-0.2, 0) is 11.3 Å². The summed E-state index contributed by atoms with van der Waals surface area (Å²) in [6, 6.07) is 11.1. The molecule has 0 aliphatic rings. The average Bonchev–Trinajstić information content (AvgIpc) is 3.35. The number of hydrogen-bond acceptors (Lipinski definition) is 5. The highest BCUT2D eigenvalue weighted by atomic mass is 32.2. The molecular formula is C20H13F3N2O2S2. The van der Waals surface area contributed by atoms with Crippen LogP contribution in [0, 0.1) is 17.5 Å². The van der Waals surface area contributed by atoms with Crippen LogP contribution in [-0.4, -0.2) is 16.6 Å². The molecule has 0 saturated carbocycles. The summed E-state index contributed by atoms with van der Waals surface area (Å²) in [5.74, 6) is -1.57. The quantitative estimate of drug-likeness (QED) is 0.369. The summed E-state index contributed by atoms with van der Waals surface area (Å²) in [4.78, 5) is 19.2. The third kappa shape index (κ3) is 4.46. The van der Waals surface area contributed by atoms with Crippen molar-refractivity contribution in [3.05, 3.63) is 78.0 Å². The van der Waals surface area contributed by atoms with Gasteiger partial charge in [-0.3, -0.25) is 9.69 Å². The SMILES string of the molecule is O=C(CSc1ccc(F)cc1)N(Cc1ccco1)c1nc2c(F)cc(F)cc2s1. The summed E-state index contributed by atoms with van der Waals surface area (Å²) in [6.07, 6.45) is 1.48. The molecule has 0 saturated heterocycles. The van der Waals surface area contributed by atoms with Crippen molar-refractivity contribution in [1.29, 1.82) is 0 Å². The van der Waals surface area contributed by atoms with E-state index in [1.165, 1.54) is 41.1 Å². The number of amides is 1. The highest BCUT2D eigenvalue weighted by Gasteiger charge is 2.22. The van der Waals surface area contributed by atoms with Gasteiger partial charge in [0.15, 0.2) is 10.9 Å². The second-order valence-corrected chi connectivity index (χ2v) is 8.09. The van der Waals surface area contributed by atoms with E-state index < -0.39 is 11.6 Å². The third-order valence-electron chi connectivity index (χ3n) is 4.00. The Kier molecular flexibility index (Phi) is 5.59. The van der Waals surface area contributed by atoms with E-state index in [0.717, 1.165) is 22.3 Å². The molecule has 4 aromatic rings. The molecule has 0 bridgehead atoms. The fourth-order valence-electron chi connectivity index (χ4n) is 2.64.